The third-order valence-corrected chi connectivity index (χ3v) is 5.83. The molecule has 0 N–H and O–H groups in total. The van der Waals surface area contributed by atoms with Crippen molar-refractivity contribution < 1.29 is 4.42 Å². The van der Waals surface area contributed by atoms with Crippen LogP contribution in [-0.2, 0) is 0 Å². The first-order chi connectivity index (χ1) is 13.7. The first kappa shape index (κ1) is 19.3. The van der Waals surface area contributed by atoms with Gasteiger partial charge in [-0.25, -0.2) is 9.56 Å². The van der Waals surface area contributed by atoms with Gasteiger partial charge in [0.25, 0.3) is 0 Å². The predicted molar refractivity (Wildman–Crippen MR) is 119 cm³/mol. The first-order valence-electron chi connectivity index (χ1n) is 10.2. The van der Waals surface area contributed by atoms with Crippen molar-refractivity contribution in [3.63, 3.8) is 0 Å². The average molecular weight is 398 g/mol. The van der Waals surface area contributed by atoms with Crippen molar-refractivity contribution in [3.8, 4) is 11.5 Å². The Labute approximate surface area is 172 Å². The van der Waals surface area contributed by atoms with Crippen LogP contribution in [0.15, 0.2) is 40.8 Å². The summed E-state index contributed by atoms with van der Waals surface area (Å²) in [5.74, 6) is 1.77. The van der Waals surface area contributed by atoms with Crippen LogP contribution in [0.5, 0.6) is 0 Å². The largest absolute Gasteiger partial charge is 0.452 e. The van der Waals surface area contributed by atoms with E-state index in [-0.39, 0.29) is 0 Å². The number of fused-ring (bicyclic) bond motifs is 2. The fourth-order valence-electron chi connectivity index (χ4n) is 3.96. The Hall–Kier alpha value is -2.05. The van der Waals surface area contributed by atoms with E-state index in [2.05, 4.69) is 77.2 Å². The molecule has 1 aliphatic carbocycles. The lowest BCUT2D eigenvalue weighted by Gasteiger charge is -2.24. The summed E-state index contributed by atoms with van der Waals surface area (Å²) in [5, 5.41) is 1.21. The molecule has 0 saturated carbocycles. The zero-order chi connectivity index (χ0) is 19.5. The van der Waals surface area contributed by atoms with Crippen LogP contribution in [0.4, 0.5) is 5.69 Å². The minimum absolute atomic E-state index is 0.840. The Bertz CT molecular complexity index is 985. The predicted octanol–water partition coefficient (Wildman–Crippen LogP) is 2.80. The van der Waals surface area contributed by atoms with Gasteiger partial charge in [0, 0.05) is 43.2 Å². The highest BCUT2D eigenvalue weighted by atomic mass is 32.1. The lowest BCUT2D eigenvalue weighted by atomic mass is 10.2. The number of anilines is 1. The molecule has 0 atom stereocenters. The van der Waals surface area contributed by atoms with E-state index < -0.39 is 0 Å². The van der Waals surface area contributed by atoms with Crippen molar-refractivity contribution in [2.75, 3.05) is 56.5 Å². The summed E-state index contributed by atoms with van der Waals surface area (Å²) in [7, 11) is 0. The van der Waals surface area contributed by atoms with Gasteiger partial charge in [-0.1, -0.05) is 0 Å². The van der Waals surface area contributed by atoms with E-state index in [1.807, 2.05) is 0 Å². The van der Waals surface area contributed by atoms with Crippen LogP contribution < -0.4 is 14.8 Å². The van der Waals surface area contributed by atoms with Crippen molar-refractivity contribution in [2.24, 2.45) is 0 Å². The second kappa shape index (κ2) is 8.53. The molecule has 2 aliphatic heterocycles. The summed E-state index contributed by atoms with van der Waals surface area (Å²) in [6, 6.07) is 12.7. The van der Waals surface area contributed by atoms with Gasteiger partial charge in [-0.2, -0.15) is 12.6 Å². The quantitative estimate of drug-likeness (QED) is 0.408. The minimum Gasteiger partial charge on any atom is -0.452 e. The molecule has 1 saturated heterocycles. The van der Waals surface area contributed by atoms with Gasteiger partial charge in [0.1, 0.15) is 11.2 Å². The molecule has 1 fully saturated rings. The highest BCUT2D eigenvalue weighted by molar-refractivity contribution is 7.80. The summed E-state index contributed by atoms with van der Waals surface area (Å²) >= 11 is 4.35. The normalized spacial score (nSPS) is 15.5. The van der Waals surface area contributed by atoms with Gasteiger partial charge in [-0.15, -0.1) is 0 Å². The Morgan fingerprint density at radius 2 is 1.89 bits per heavy atom. The lowest BCUT2D eigenvalue weighted by molar-refractivity contribution is 0.235. The van der Waals surface area contributed by atoms with Crippen LogP contribution in [0.1, 0.15) is 13.8 Å². The molecule has 148 valence electrons. The van der Waals surface area contributed by atoms with Crippen molar-refractivity contribution >= 4 is 29.4 Å². The molecule has 3 aliphatic rings. The van der Waals surface area contributed by atoms with E-state index in [0.717, 1.165) is 74.1 Å². The number of benzene rings is 2. The van der Waals surface area contributed by atoms with E-state index in [9.17, 15) is 0 Å². The maximum absolute atomic E-state index is 6.28. The van der Waals surface area contributed by atoms with Crippen molar-refractivity contribution in [1.29, 1.82) is 0 Å². The van der Waals surface area contributed by atoms with Crippen molar-refractivity contribution in [2.45, 2.75) is 13.8 Å². The number of thiol groups is 1. The van der Waals surface area contributed by atoms with Gasteiger partial charge in [0.15, 0.2) is 24.4 Å². The molecule has 4 rings (SSSR count). The number of piperazine rings is 1. The summed E-state index contributed by atoms with van der Waals surface area (Å²) in [5.41, 5.74) is 3.82. The Morgan fingerprint density at radius 3 is 2.61 bits per heavy atom. The van der Waals surface area contributed by atoms with Crippen LogP contribution in [0, 0.1) is 0 Å². The SMILES string of the molecule is CCN(CC)c1ccc2nc3ccc(=[N+]4CCN(CCS)CC4)cc-3oc2c1. The zero-order valence-electron chi connectivity index (χ0n) is 16.8. The van der Waals surface area contributed by atoms with Crippen LogP contribution in [-0.4, -0.2) is 61.5 Å². The highest BCUT2D eigenvalue weighted by Gasteiger charge is 2.19. The summed E-state index contributed by atoms with van der Waals surface area (Å²) in [4.78, 5) is 9.60. The zero-order valence-corrected chi connectivity index (χ0v) is 17.7. The molecule has 0 spiro atoms. The maximum atomic E-state index is 6.28. The molecule has 2 heterocycles. The first-order valence-corrected chi connectivity index (χ1v) is 10.9. The minimum atomic E-state index is 0.840. The monoisotopic (exact) mass is 397 g/mol. The number of hydrogen-bond acceptors (Lipinski definition) is 5. The second-order valence-corrected chi connectivity index (χ2v) is 7.69. The second-order valence-electron chi connectivity index (χ2n) is 7.24. The van der Waals surface area contributed by atoms with E-state index in [1.54, 1.807) is 0 Å². The van der Waals surface area contributed by atoms with E-state index in [1.165, 1.54) is 11.0 Å². The maximum Gasteiger partial charge on any atom is 0.203 e. The highest BCUT2D eigenvalue weighted by Crippen LogP contribution is 2.27. The van der Waals surface area contributed by atoms with Crippen LogP contribution in [0.3, 0.4) is 0 Å². The molecular formula is C22H29N4OS+. The summed E-state index contributed by atoms with van der Waals surface area (Å²) < 4.78 is 8.71. The summed E-state index contributed by atoms with van der Waals surface area (Å²) in [6.45, 7) is 11.6. The fourth-order valence-corrected chi connectivity index (χ4v) is 4.24. The van der Waals surface area contributed by atoms with Gasteiger partial charge in [-0.05, 0) is 32.0 Å². The van der Waals surface area contributed by atoms with Gasteiger partial charge in [-0.3, -0.25) is 4.90 Å². The number of rotatable bonds is 5. The lowest BCUT2D eigenvalue weighted by Crippen LogP contribution is -2.48. The molecule has 0 radical (unpaired) electrons. The summed E-state index contributed by atoms with van der Waals surface area (Å²) in [6.07, 6.45) is 0. The van der Waals surface area contributed by atoms with E-state index in [4.69, 9.17) is 9.40 Å². The smallest absolute Gasteiger partial charge is 0.203 e. The number of aromatic nitrogens is 1. The third-order valence-electron chi connectivity index (χ3n) is 5.63. The Morgan fingerprint density at radius 1 is 1.11 bits per heavy atom. The molecule has 0 unspecified atom stereocenters. The van der Waals surface area contributed by atoms with Gasteiger partial charge in [0.05, 0.1) is 19.2 Å². The van der Waals surface area contributed by atoms with E-state index >= 15 is 0 Å². The Kier molecular flexibility index (Phi) is 5.87. The van der Waals surface area contributed by atoms with Crippen molar-refractivity contribution in [3.05, 3.63) is 41.8 Å². The molecule has 0 amide bonds. The fraction of sp³-hybridized carbons (Fsp3) is 0.455. The van der Waals surface area contributed by atoms with Crippen LogP contribution >= 0.6 is 12.6 Å². The molecule has 6 heteroatoms. The topological polar surface area (TPSA) is 35.5 Å². The van der Waals surface area contributed by atoms with Crippen molar-refractivity contribution in [1.82, 2.24) is 14.5 Å². The van der Waals surface area contributed by atoms with Gasteiger partial charge >= 0.3 is 0 Å². The molecule has 1 aromatic rings. The van der Waals surface area contributed by atoms with Crippen LogP contribution in [0.2, 0.25) is 0 Å². The average Bonchev–Trinajstić information content (AvgIpc) is 2.73. The molecule has 0 aromatic heterocycles. The molecule has 28 heavy (non-hydrogen) atoms. The van der Waals surface area contributed by atoms with E-state index in [0.29, 0.717) is 0 Å². The standard InChI is InChI=1S/C22H28N4OS/c1-3-25(4-2)17-5-7-19-21(15-17)27-22-16-18(6-8-20(22)23-19)26-11-9-24(10-12-26)13-14-28/h5-8,15-16H,3-4,9-14H2,1-2H3/p+1. The van der Waals surface area contributed by atoms with Crippen LogP contribution in [0.25, 0.3) is 22.6 Å². The number of nitrogens with zero attached hydrogens (tertiary/aromatic N) is 4. The molecule has 5 nitrogen and oxygen atoms in total. The van der Waals surface area contributed by atoms with Gasteiger partial charge < -0.3 is 9.32 Å². The third kappa shape index (κ3) is 3.89. The Balaban J connectivity index is 1.71. The number of hydrogen-bond donors (Lipinski definition) is 1. The molecule has 1 aromatic carbocycles. The molecular weight excluding hydrogens is 368 g/mol. The molecule has 0 bridgehead atoms. The van der Waals surface area contributed by atoms with Gasteiger partial charge in [0.2, 0.25) is 5.36 Å².